The fourth-order valence-electron chi connectivity index (χ4n) is 9.79. The van der Waals surface area contributed by atoms with Gasteiger partial charge in [-0.3, -0.25) is 19.8 Å². The lowest BCUT2D eigenvalue weighted by molar-refractivity contribution is 0.127. The molecule has 3 atom stereocenters. The smallest absolute Gasteiger partial charge is 0.121 e. The van der Waals surface area contributed by atoms with Gasteiger partial charge in [0.15, 0.2) is 0 Å². The van der Waals surface area contributed by atoms with Crippen LogP contribution >= 0.6 is 0 Å². The molecule has 2 N–H and O–H groups in total. The number of benzene rings is 2. The third-order valence-corrected chi connectivity index (χ3v) is 13.3. The molecule has 0 bridgehead atoms. The number of pyridine rings is 1. The van der Waals surface area contributed by atoms with Crippen molar-refractivity contribution in [3.05, 3.63) is 113 Å². The summed E-state index contributed by atoms with van der Waals surface area (Å²) < 4.78 is 0. The van der Waals surface area contributed by atoms with Gasteiger partial charge in [-0.05, 0) is 177 Å². The highest BCUT2D eigenvalue weighted by molar-refractivity contribution is 5.86. The third kappa shape index (κ3) is 14.7. The fourth-order valence-corrected chi connectivity index (χ4v) is 9.79. The Morgan fingerprint density at radius 3 is 2.32 bits per heavy atom. The van der Waals surface area contributed by atoms with Crippen molar-refractivity contribution in [3.63, 3.8) is 0 Å². The van der Waals surface area contributed by atoms with Gasteiger partial charge in [-0.15, -0.1) is 0 Å². The number of fused-ring (bicyclic) bond motifs is 3. The van der Waals surface area contributed by atoms with Crippen molar-refractivity contribution in [3.8, 4) is 0 Å². The van der Waals surface area contributed by atoms with Crippen LogP contribution in [0.1, 0.15) is 122 Å². The first-order valence-corrected chi connectivity index (χ1v) is 24.6. The van der Waals surface area contributed by atoms with Crippen molar-refractivity contribution >= 4 is 22.4 Å². The number of likely N-dealkylation sites (N-methyl/N-ethyl adjacent to an activating group) is 1. The number of imidazole rings is 1. The molecule has 63 heavy (non-hydrogen) atoms. The molecule has 5 heterocycles. The maximum absolute atomic E-state index is 5.05. The Balaban J connectivity index is 0.000000193. The van der Waals surface area contributed by atoms with Crippen molar-refractivity contribution in [2.75, 3.05) is 60.9 Å². The van der Waals surface area contributed by atoms with E-state index in [1.165, 1.54) is 100 Å². The first-order valence-electron chi connectivity index (χ1n) is 24.6. The Labute approximate surface area is 382 Å². The standard InChI is InChI=1S/C25H36N4.C18H20N4.C7H15N.2C2H6/c1-19(16-29(3)24-12-6-9-22-10-7-15-26-25(22)24)27-23-11-5-4-8-21(23)14-13-20-17-28(2)18-20;1-22(12-17-20-14-8-2-3-9-15(14)21-17)16-10-4-6-13-7-5-11-19-18(13)16;1-7-3-5-8(2)6-4-7;2*1-2/h4-5,7-8,10-11,15,20,24-26H,6,9,12-14,16-18H2,1-3H3;2-3,5,7-9,11,16H,4,6,10,12H2,1H3,(H,20,21);7H,3-6H2,1-2H3;2*1-2H3. The summed E-state index contributed by atoms with van der Waals surface area (Å²) in [4.78, 5) is 27.4. The summed E-state index contributed by atoms with van der Waals surface area (Å²) >= 11 is 0. The molecule has 9 nitrogen and oxygen atoms in total. The maximum atomic E-state index is 5.05. The number of hydrogen-bond donors (Lipinski definition) is 2. The summed E-state index contributed by atoms with van der Waals surface area (Å²) in [7, 11) is 8.83. The second kappa shape index (κ2) is 26.0. The molecule has 3 fully saturated rings. The second-order valence-electron chi connectivity index (χ2n) is 18.3. The van der Waals surface area contributed by atoms with Crippen LogP contribution in [0.15, 0.2) is 95.8 Å². The number of para-hydroxylation sites is 3. The van der Waals surface area contributed by atoms with Gasteiger partial charge in [0.1, 0.15) is 5.82 Å². The van der Waals surface area contributed by atoms with E-state index in [2.05, 4.69) is 137 Å². The molecule has 1 saturated carbocycles. The number of aliphatic imine (C=N–C) groups is 1. The molecule has 2 saturated heterocycles. The van der Waals surface area contributed by atoms with E-state index in [0.717, 1.165) is 60.3 Å². The summed E-state index contributed by atoms with van der Waals surface area (Å²) in [5, 5.41) is 3.59. The van der Waals surface area contributed by atoms with Gasteiger partial charge < -0.3 is 20.1 Å². The average Bonchev–Trinajstić information content (AvgIpc) is 3.72. The van der Waals surface area contributed by atoms with Crippen molar-refractivity contribution < 1.29 is 0 Å². The zero-order valence-corrected chi connectivity index (χ0v) is 40.9. The monoisotopic (exact) mass is 858 g/mol. The van der Waals surface area contributed by atoms with E-state index in [0.29, 0.717) is 18.1 Å². The van der Waals surface area contributed by atoms with E-state index in [1.54, 1.807) is 5.57 Å². The number of aromatic amines is 1. The number of aryl methyl sites for hydroxylation is 2. The lowest BCUT2D eigenvalue weighted by Crippen LogP contribution is -2.51. The SMILES string of the molecule is CC.CC.CC(CN(C)C1CCCC2=CC=CNC21)=Nc1ccccc1CCC1CN(C)C1.CC1CCN(C)CC1.CN(Cc1nc2ccccc2[nH]1)C1CCCc2cccnc21. The molecule has 3 aliphatic heterocycles. The number of piperidine rings is 1. The van der Waals surface area contributed by atoms with E-state index in [-0.39, 0.29) is 0 Å². The van der Waals surface area contributed by atoms with Gasteiger partial charge in [0.05, 0.1) is 41.0 Å². The van der Waals surface area contributed by atoms with Gasteiger partial charge in [0.2, 0.25) is 0 Å². The van der Waals surface area contributed by atoms with Gasteiger partial charge in [0, 0.05) is 37.6 Å². The minimum atomic E-state index is 0.387. The lowest BCUT2D eigenvalue weighted by Gasteiger charge is -2.40. The molecule has 2 aliphatic carbocycles. The van der Waals surface area contributed by atoms with Crippen LogP contribution in [0.5, 0.6) is 0 Å². The summed E-state index contributed by atoms with van der Waals surface area (Å²) in [5.74, 6) is 2.85. The van der Waals surface area contributed by atoms with Crippen LogP contribution < -0.4 is 5.32 Å². The second-order valence-corrected chi connectivity index (χ2v) is 18.3. The predicted octanol–water partition coefficient (Wildman–Crippen LogP) is 11.0. The average molecular weight is 858 g/mol. The third-order valence-electron chi connectivity index (χ3n) is 13.3. The Morgan fingerprint density at radius 1 is 0.841 bits per heavy atom. The van der Waals surface area contributed by atoms with Crippen LogP contribution in [0.3, 0.4) is 0 Å². The first-order chi connectivity index (χ1) is 30.7. The molecule has 2 aromatic heterocycles. The Bertz CT molecular complexity index is 1970. The minimum Gasteiger partial charge on any atom is -0.383 e. The van der Waals surface area contributed by atoms with Crippen LogP contribution in [-0.2, 0) is 19.4 Å². The van der Waals surface area contributed by atoms with Crippen LogP contribution in [-0.4, -0.2) is 113 Å². The van der Waals surface area contributed by atoms with E-state index >= 15 is 0 Å². The molecule has 0 radical (unpaired) electrons. The van der Waals surface area contributed by atoms with Crippen molar-refractivity contribution in [2.24, 2.45) is 16.8 Å². The molecule has 5 aliphatic rings. The number of dihydropyridines is 1. The van der Waals surface area contributed by atoms with E-state index in [1.807, 2.05) is 58.2 Å². The molecule has 3 unspecified atom stereocenters. The molecule has 0 spiro atoms. The number of nitrogens with zero attached hydrogens (tertiary/aromatic N) is 7. The van der Waals surface area contributed by atoms with E-state index < -0.39 is 0 Å². The molecular weight excluding hydrogens is 775 g/mol. The number of hydrogen-bond acceptors (Lipinski definition) is 8. The molecule has 344 valence electrons. The highest BCUT2D eigenvalue weighted by atomic mass is 15.2. The quantitative estimate of drug-likeness (QED) is 0.154. The Morgan fingerprint density at radius 2 is 1.57 bits per heavy atom. The van der Waals surface area contributed by atoms with Gasteiger partial charge in [-0.1, -0.05) is 77.1 Å². The normalized spacial score (nSPS) is 21.4. The highest BCUT2D eigenvalue weighted by Gasteiger charge is 2.32. The largest absolute Gasteiger partial charge is 0.383 e. The molecular formula is C54H83N9. The maximum Gasteiger partial charge on any atom is 0.121 e. The minimum absolute atomic E-state index is 0.387. The Kier molecular flexibility index (Phi) is 20.6. The van der Waals surface area contributed by atoms with Crippen molar-refractivity contribution in [1.29, 1.82) is 0 Å². The molecule has 2 aromatic carbocycles. The van der Waals surface area contributed by atoms with Gasteiger partial charge in [-0.25, -0.2) is 4.98 Å². The number of H-pyrrole nitrogens is 1. The number of likely N-dealkylation sites (tertiary alicyclic amines) is 2. The molecule has 9 rings (SSSR count). The van der Waals surface area contributed by atoms with Gasteiger partial charge >= 0.3 is 0 Å². The topological polar surface area (TPSA) is 78.9 Å². The van der Waals surface area contributed by atoms with Crippen LogP contribution in [0.2, 0.25) is 0 Å². The lowest BCUT2D eigenvalue weighted by atomic mass is 9.83. The zero-order valence-electron chi connectivity index (χ0n) is 40.9. The van der Waals surface area contributed by atoms with Crippen LogP contribution in [0.25, 0.3) is 11.0 Å². The number of allylic oxidation sites excluding steroid dienone is 2. The number of aromatic nitrogens is 3. The van der Waals surface area contributed by atoms with E-state index in [9.17, 15) is 0 Å². The van der Waals surface area contributed by atoms with E-state index in [4.69, 9.17) is 4.99 Å². The van der Waals surface area contributed by atoms with Crippen LogP contribution in [0.4, 0.5) is 5.69 Å². The number of nitrogens with one attached hydrogen (secondary N) is 2. The molecule has 9 heteroatoms. The van der Waals surface area contributed by atoms with Crippen LogP contribution in [0, 0.1) is 11.8 Å². The van der Waals surface area contributed by atoms with Crippen molar-refractivity contribution in [1.82, 2.24) is 39.9 Å². The summed E-state index contributed by atoms with van der Waals surface area (Å²) in [5.41, 5.74) is 10.1. The molecule has 0 amide bonds. The molecule has 4 aromatic rings. The Hall–Kier alpha value is -4.15. The summed E-state index contributed by atoms with van der Waals surface area (Å²) in [6.07, 6.45) is 21.0. The fraction of sp³-hybridized carbons (Fsp3) is 0.574. The van der Waals surface area contributed by atoms with Gasteiger partial charge in [0.25, 0.3) is 0 Å². The van der Waals surface area contributed by atoms with Crippen molar-refractivity contribution in [2.45, 2.75) is 130 Å². The summed E-state index contributed by atoms with van der Waals surface area (Å²) in [6, 6.07) is 22.5. The highest BCUT2D eigenvalue weighted by Crippen LogP contribution is 2.33. The number of rotatable bonds is 10. The predicted molar refractivity (Wildman–Crippen MR) is 269 cm³/mol. The first kappa shape index (κ1) is 49.9. The summed E-state index contributed by atoms with van der Waals surface area (Å²) in [6.45, 7) is 19.4. The zero-order chi connectivity index (χ0) is 45.1. The van der Waals surface area contributed by atoms with Gasteiger partial charge in [-0.2, -0.15) is 0 Å².